The molecule has 218 valence electrons. The van der Waals surface area contributed by atoms with E-state index in [4.69, 9.17) is 10.5 Å². The van der Waals surface area contributed by atoms with Gasteiger partial charge in [-0.15, -0.1) is 0 Å². The van der Waals surface area contributed by atoms with Crippen LogP contribution >= 0.6 is 0 Å². The zero-order chi connectivity index (χ0) is 30.4. The molecule has 0 bridgehead atoms. The molecule has 0 aliphatic rings. The summed E-state index contributed by atoms with van der Waals surface area (Å²) >= 11 is 0. The molecule has 1 aromatic carbocycles. The van der Waals surface area contributed by atoms with E-state index in [0.717, 1.165) is 5.56 Å². The Labute approximate surface area is 241 Å². The molecule has 0 saturated heterocycles. The highest BCUT2D eigenvalue weighted by molar-refractivity contribution is 6.06. The quantitative estimate of drug-likeness (QED) is 0.181. The molecule has 3 heterocycles. The van der Waals surface area contributed by atoms with Crippen molar-refractivity contribution in [1.29, 1.82) is 0 Å². The third-order valence-electron chi connectivity index (χ3n) is 6.07. The van der Waals surface area contributed by atoms with Crippen LogP contribution in [0.25, 0.3) is 0 Å². The van der Waals surface area contributed by atoms with E-state index >= 15 is 0 Å². The summed E-state index contributed by atoms with van der Waals surface area (Å²) in [5.74, 6) is -0.889. The van der Waals surface area contributed by atoms with Gasteiger partial charge in [-0.1, -0.05) is 24.8 Å². The van der Waals surface area contributed by atoms with Gasteiger partial charge in [0.05, 0.1) is 11.4 Å². The summed E-state index contributed by atoms with van der Waals surface area (Å²) in [6, 6.07) is 10.0. The lowest BCUT2D eigenvalue weighted by atomic mass is 10.2. The first-order chi connectivity index (χ1) is 20.0. The average molecular weight is 574 g/mol. The van der Waals surface area contributed by atoms with E-state index in [1.54, 1.807) is 73.0 Å². The summed E-state index contributed by atoms with van der Waals surface area (Å²) in [4.78, 5) is 54.0. The molecule has 4 aromatic rings. The van der Waals surface area contributed by atoms with E-state index in [-0.39, 0.29) is 36.4 Å². The molecule has 4 amide bonds. The first-order valence-electron chi connectivity index (χ1n) is 12.7. The number of carbonyl (C=O) groups is 4. The van der Waals surface area contributed by atoms with Crippen molar-refractivity contribution in [1.82, 2.24) is 24.0 Å². The van der Waals surface area contributed by atoms with Crippen LogP contribution in [0.15, 0.2) is 67.6 Å². The maximum Gasteiger partial charge on any atom is 0.411 e. The van der Waals surface area contributed by atoms with Crippen molar-refractivity contribution in [3.05, 3.63) is 90.4 Å². The van der Waals surface area contributed by atoms with Crippen LogP contribution in [0, 0.1) is 0 Å². The normalized spacial score (nSPS) is 10.5. The molecule has 0 spiro atoms. The second-order valence-electron chi connectivity index (χ2n) is 9.35. The maximum atomic E-state index is 13.0. The average Bonchev–Trinajstić information content (AvgIpc) is 3.61. The number of carbonyl (C=O) groups excluding carboxylic acids is 4. The van der Waals surface area contributed by atoms with Gasteiger partial charge in [0, 0.05) is 52.0 Å². The molecular formula is C28H31N9O5. The minimum atomic E-state index is -0.589. The fourth-order valence-electron chi connectivity index (χ4n) is 4.07. The van der Waals surface area contributed by atoms with Crippen molar-refractivity contribution in [2.24, 2.45) is 21.1 Å². The van der Waals surface area contributed by atoms with Gasteiger partial charge in [0.15, 0.2) is 0 Å². The minimum absolute atomic E-state index is 0.108. The van der Waals surface area contributed by atoms with Crippen LogP contribution in [0.1, 0.15) is 37.2 Å². The predicted octanol–water partition coefficient (Wildman–Crippen LogP) is 2.85. The Balaban J connectivity index is 1.33. The summed E-state index contributed by atoms with van der Waals surface area (Å²) in [5, 5.41) is 10.9. The highest BCUT2D eigenvalue weighted by atomic mass is 16.5. The molecular weight excluding hydrogens is 542 g/mol. The van der Waals surface area contributed by atoms with Gasteiger partial charge in [-0.05, 0) is 29.8 Å². The second kappa shape index (κ2) is 12.6. The number of nitrogens with two attached hydrogens (primary N) is 1. The van der Waals surface area contributed by atoms with Crippen LogP contribution in [-0.4, -0.2) is 49.1 Å². The van der Waals surface area contributed by atoms with Crippen molar-refractivity contribution in [2.75, 3.05) is 28.3 Å². The highest BCUT2D eigenvalue weighted by Gasteiger charge is 2.19. The molecule has 0 unspecified atom stereocenters. The van der Waals surface area contributed by atoms with E-state index in [2.05, 4.69) is 32.8 Å². The number of rotatable bonds is 10. The number of amides is 4. The summed E-state index contributed by atoms with van der Waals surface area (Å²) in [6.45, 7) is 3.84. The van der Waals surface area contributed by atoms with Crippen molar-refractivity contribution >= 4 is 46.7 Å². The van der Waals surface area contributed by atoms with Crippen molar-refractivity contribution in [3.8, 4) is 0 Å². The molecule has 3 aromatic heterocycles. The Hall–Kier alpha value is -5.79. The fraction of sp³-hybridized carbons (Fsp3) is 0.179. The largest absolute Gasteiger partial charge is 0.445 e. The van der Waals surface area contributed by atoms with Gasteiger partial charge in [0.1, 0.15) is 23.8 Å². The molecule has 4 rings (SSSR count). The first kappa shape index (κ1) is 29.2. The number of benzene rings is 1. The molecule has 14 heteroatoms. The topological polar surface area (TPSA) is 179 Å². The highest BCUT2D eigenvalue weighted by Crippen LogP contribution is 2.19. The number of nitrogens with one attached hydrogen (secondary N) is 4. The third kappa shape index (κ3) is 7.04. The molecule has 0 fully saturated rings. The van der Waals surface area contributed by atoms with Gasteiger partial charge in [0.25, 0.3) is 17.7 Å². The van der Waals surface area contributed by atoms with Gasteiger partial charge in [0.2, 0.25) is 5.82 Å². The van der Waals surface area contributed by atoms with Crippen molar-refractivity contribution in [3.63, 3.8) is 0 Å². The summed E-state index contributed by atoms with van der Waals surface area (Å²) in [7, 11) is 5.01. The zero-order valence-corrected chi connectivity index (χ0v) is 23.3. The van der Waals surface area contributed by atoms with Gasteiger partial charge >= 0.3 is 6.09 Å². The van der Waals surface area contributed by atoms with Crippen molar-refractivity contribution < 1.29 is 23.9 Å². The lowest BCUT2D eigenvalue weighted by Crippen LogP contribution is -2.24. The molecule has 42 heavy (non-hydrogen) atoms. The predicted molar refractivity (Wildman–Crippen MR) is 157 cm³/mol. The Morgan fingerprint density at radius 2 is 1.43 bits per heavy atom. The molecule has 0 aliphatic carbocycles. The number of hydrogen-bond acceptors (Lipinski definition) is 7. The summed E-state index contributed by atoms with van der Waals surface area (Å²) in [6.07, 6.45) is 5.62. The van der Waals surface area contributed by atoms with Crippen LogP contribution < -0.4 is 27.0 Å². The molecule has 0 aliphatic heterocycles. The Kier molecular flexibility index (Phi) is 8.75. The number of ether oxygens (including phenoxy) is 1. The number of anilines is 4. The maximum absolute atomic E-state index is 13.0. The van der Waals surface area contributed by atoms with Crippen LogP contribution in [0.3, 0.4) is 0 Å². The molecule has 0 atom stereocenters. The minimum Gasteiger partial charge on any atom is -0.445 e. The number of aromatic nitrogens is 4. The molecule has 14 nitrogen and oxygen atoms in total. The standard InChI is InChI=1S/C28H31N9O5/c1-5-10-42-28(41)33-18-8-6-17(7-9-18)13-30-25(38)21-11-19(14-35(21)2)31-26(39)22-12-20(15-36(22)3)32-27(40)24-34-23(29)16-37(24)4/h5-9,11-12,14-16H,1,10,13,29H2,2-4H3,(H,30,38)(H,31,39)(H,32,40)(H,33,41). The summed E-state index contributed by atoms with van der Waals surface area (Å²) < 4.78 is 9.55. The van der Waals surface area contributed by atoms with Crippen LogP contribution in [0.2, 0.25) is 0 Å². The Bertz CT molecular complexity index is 1650. The first-order valence-corrected chi connectivity index (χ1v) is 12.7. The van der Waals surface area contributed by atoms with Crippen LogP contribution in [0.4, 0.5) is 27.7 Å². The SMILES string of the molecule is C=CCOC(=O)Nc1ccc(CNC(=O)c2cc(NC(=O)c3cc(NC(=O)c4nc(N)cn4C)cn3C)cn2C)cc1. The van der Waals surface area contributed by atoms with Gasteiger partial charge in [-0.2, -0.15) is 0 Å². The smallest absolute Gasteiger partial charge is 0.411 e. The Morgan fingerprint density at radius 1 is 0.833 bits per heavy atom. The van der Waals surface area contributed by atoms with Gasteiger partial charge in [-0.3, -0.25) is 19.7 Å². The Morgan fingerprint density at radius 3 is 2.00 bits per heavy atom. The van der Waals surface area contributed by atoms with Crippen LogP contribution in [0.5, 0.6) is 0 Å². The monoisotopic (exact) mass is 573 g/mol. The van der Waals surface area contributed by atoms with Gasteiger partial charge in [-0.25, -0.2) is 9.78 Å². The van der Waals surface area contributed by atoms with E-state index in [9.17, 15) is 19.2 Å². The summed E-state index contributed by atoms with van der Waals surface area (Å²) in [5.41, 5.74) is 8.45. The lowest BCUT2D eigenvalue weighted by molar-refractivity contribution is 0.0941. The van der Waals surface area contributed by atoms with Crippen molar-refractivity contribution in [2.45, 2.75) is 6.54 Å². The third-order valence-corrected chi connectivity index (χ3v) is 6.07. The van der Waals surface area contributed by atoms with E-state index in [1.165, 1.54) is 22.9 Å². The molecule has 6 N–H and O–H groups in total. The number of hydrogen-bond donors (Lipinski definition) is 5. The number of imidazole rings is 1. The van der Waals surface area contributed by atoms with Crippen LogP contribution in [-0.2, 0) is 32.4 Å². The van der Waals surface area contributed by atoms with E-state index < -0.39 is 17.9 Å². The molecule has 0 radical (unpaired) electrons. The van der Waals surface area contributed by atoms with Gasteiger partial charge < -0.3 is 40.1 Å². The number of nitrogens with zero attached hydrogens (tertiary/aromatic N) is 4. The fourth-order valence-corrected chi connectivity index (χ4v) is 4.07. The second-order valence-corrected chi connectivity index (χ2v) is 9.35. The van der Waals surface area contributed by atoms with E-state index in [0.29, 0.717) is 22.8 Å². The number of aryl methyl sites for hydroxylation is 3. The van der Waals surface area contributed by atoms with E-state index in [1.807, 2.05) is 0 Å². The molecule has 0 saturated carbocycles. The zero-order valence-electron chi connectivity index (χ0n) is 23.3. The number of nitrogen functional groups attached to an aromatic ring is 1. The lowest BCUT2D eigenvalue weighted by Gasteiger charge is -2.08.